The van der Waals surface area contributed by atoms with Crippen LogP contribution in [0, 0.1) is 6.92 Å². The number of benzene rings is 1. The van der Waals surface area contributed by atoms with E-state index in [1.165, 1.54) is 0 Å². The largest absolute Gasteiger partial charge is 0.375 e. The Morgan fingerprint density at radius 3 is 2.62 bits per heavy atom. The number of nitrogens with one attached hydrogen (secondary N) is 1. The third-order valence-corrected chi connectivity index (χ3v) is 4.20. The van der Waals surface area contributed by atoms with Gasteiger partial charge in [0.25, 0.3) is 5.91 Å². The molecule has 0 radical (unpaired) electrons. The van der Waals surface area contributed by atoms with Crippen LogP contribution in [0.25, 0.3) is 11.3 Å². The highest BCUT2D eigenvalue weighted by Crippen LogP contribution is 2.24. The second-order valence-electron chi connectivity index (χ2n) is 6.06. The average molecular weight is 350 g/mol. The first kappa shape index (κ1) is 17.7. The fraction of sp³-hybridized carbons (Fsp3) is 0.250. The van der Waals surface area contributed by atoms with Crippen molar-refractivity contribution in [1.82, 2.24) is 15.5 Å². The highest BCUT2D eigenvalue weighted by atomic mass is 16.5. The molecule has 6 heteroatoms. The van der Waals surface area contributed by atoms with E-state index in [1.54, 1.807) is 19.3 Å². The molecule has 0 bridgehead atoms. The molecule has 0 aliphatic rings. The van der Waals surface area contributed by atoms with Crippen LogP contribution in [0.4, 0.5) is 5.69 Å². The maximum absolute atomic E-state index is 12.6. The molecular formula is C20H22N4O2. The van der Waals surface area contributed by atoms with Crippen molar-refractivity contribution in [1.29, 1.82) is 0 Å². The number of para-hydroxylation sites is 1. The smallest absolute Gasteiger partial charge is 0.257 e. The number of hydrogen-bond donors (Lipinski definition) is 1. The number of amides is 1. The molecule has 6 nitrogen and oxygen atoms in total. The predicted octanol–water partition coefficient (Wildman–Crippen LogP) is 3.30. The van der Waals surface area contributed by atoms with Gasteiger partial charge in [-0.2, -0.15) is 0 Å². The summed E-state index contributed by atoms with van der Waals surface area (Å²) in [5, 5.41) is 6.99. The van der Waals surface area contributed by atoms with E-state index in [0.29, 0.717) is 23.6 Å². The monoisotopic (exact) mass is 350 g/mol. The number of anilines is 1. The summed E-state index contributed by atoms with van der Waals surface area (Å²) in [6.07, 6.45) is 4.17. The lowest BCUT2D eigenvalue weighted by atomic mass is 10.1. The van der Waals surface area contributed by atoms with Gasteiger partial charge in [0.15, 0.2) is 0 Å². The summed E-state index contributed by atoms with van der Waals surface area (Å²) < 4.78 is 5.23. The molecule has 0 aliphatic heterocycles. The number of aromatic nitrogens is 2. The van der Waals surface area contributed by atoms with Crippen LogP contribution in [0.15, 0.2) is 59.4 Å². The lowest BCUT2D eigenvalue weighted by Gasteiger charge is -2.19. The normalized spacial score (nSPS) is 10.5. The molecule has 1 N–H and O–H groups in total. The number of nitrogens with zero attached hydrogens (tertiary/aromatic N) is 3. The molecule has 0 saturated carbocycles. The van der Waals surface area contributed by atoms with Crippen LogP contribution in [0.1, 0.15) is 22.5 Å². The summed E-state index contributed by atoms with van der Waals surface area (Å²) in [7, 11) is 2.04. The van der Waals surface area contributed by atoms with E-state index in [9.17, 15) is 4.79 Å². The van der Waals surface area contributed by atoms with Crippen LogP contribution >= 0.6 is 0 Å². The van der Waals surface area contributed by atoms with Crippen LogP contribution in [-0.2, 0) is 0 Å². The quantitative estimate of drug-likeness (QED) is 0.662. The van der Waals surface area contributed by atoms with Crippen molar-refractivity contribution in [2.45, 2.75) is 13.3 Å². The molecule has 0 fully saturated rings. The van der Waals surface area contributed by atoms with Gasteiger partial charge in [0.1, 0.15) is 17.0 Å². The van der Waals surface area contributed by atoms with Crippen molar-refractivity contribution in [2.24, 2.45) is 0 Å². The van der Waals surface area contributed by atoms with Gasteiger partial charge < -0.3 is 14.7 Å². The molecule has 3 aromatic rings. The highest BCUT2D eigenvalue weighted by Gasteiger charge is 2.21. The Kier molecular flexibility index (Phi) is 5.63. The maximum atomic E-state index is 12.6. The van der Waals surface area contributed by atoms with Gasteiger partial charge in [-0.05, 0) is 37.6 Å². The summed E-state index contributed by atoms with van der Waals surface area (Å²) >= 11 is 0. The van der Waals surface area contributed by atoms with Crippen molar-refractivity contribution in [3.05, 3.63) is 66.2 Å². The molecule has 0 aliphatic carbocycles. The standard InChI is InChI=1S/C20H22N4O2/c1-15-18(19(23-26-15)16-9-12-21-13-10-16)20(25)22-11-6-14-24(2)17-7-4-3-5-8-17/h3-5,7-10,12-13H,6,11,14H2,1-2H3,(H,22,25). The third-order valence-electron chi connectivity index (χ3n) is 4.20. The van der Waals surface area contributed by atoms with Crippen LogP contribution in [0.3, 0.4) is 0 Å². The SMILES string of the molecule is Cc1onc(-c2ccncc2)c1C(=O)NCCCN(C)c1ccccc1. The molecule has 134 valence electrons. The van der Waals surface area contributed by atoms with Gasteiger partial charge >= 0.3 is 0 Å². The summed E-state index contributed by atoms with van der Waals surface area (Å²) in [5.74, 6) is 0.341. The second-order valence-corrected chi connectivity index (χ2v) is 6.06. The van der Waals surface area contributed by atoms with Gasteiger partial charge in [-0.25, -0.2) is 0 Å². The van der Waals surface area contributed by atoms with E-state index in [1.807, 2.05) is 37.4 Å². The average Bonchev–Trinajstić information content (AvgIpc) is 3.08. The molecule has 1 aromatic carbocycles. The van der Waals surface area contributed by atoms with E-state index >= 15 is 0 Å². The summed E-state index contributed by atoms with van der Waals surface area (Å²) in [6, 6.07) is 13.8. The molecule has 2 heterocycles. The molecular weight excluding hydrogens is 328 g/mol. The minimum absolute atomic E-state index is 0.169. The lowest BCUT2D eigenvalue weighted by molar-refractivity contribution is 0.0952. The fourth-order valence-corrected chi connectivity index (χ4v) is 2.76. The second kappa shape index (κ2) is 8.29. The Hall–Kier alpha value is -3.15. The van der Waals surface area contributed by atoms with Gasteiger partial charge in [0.05, 0.1) is 0 Å². The number of hydrogen-bond acceptors (Lipinski definition) is 5. The Balaban J connectivity index is 1.57. The molecule has 0 saturated heterocycles. The van der Waals surface area contributed by atoms with Crippen molar-refractivity contribution < 1.29 is 9.32 Å². The number of pyridine rings is 1. The highest BCUT2D eigenvalue weighted by molar-refractivity contribution is 6.00. The van der Waals surface area contributed by atoms with Gasteiger partial charge in [-0.15, -0.1) is 0 Å². The summed E-state index contributed by atoms with van der Waals surface area (Å²) in [5.41, 5.74) is 3.00. The van der Waals surface area contributed by atoms with Crippen molar-refractivity contribution in [2.75, 3.05) is 25.0 Å². The first-order valence-electron chi connectivity index (χ1n) is 8.58. The Morgan fingerprint density at radius 1 is 1.15 bits per heavy atom. The number of aryl methyl sites for hydroxylation is 1. The summed E-state index contributed by atoms with van der Waals surface area (Å²) in [4.78, 5) is 18.8. The Morgan fingerprint density at radius 2 is 1.88 bits per heavy atom. The van der Waals surface area contributed by atoms with E-state index in [-0.39, 0.29) is 5.91 Å². The van der Waals surface area contributed by atoms with E-state index in [0.717, 1.165) is 24.2 Å². The number of carbonyl (C=O) groups excluding carboxylic acids is 1. The van der Waals surface area contributed by atoms with E-state index in [4.69, 9.17) is 4.52 Å². The maximum Gasteiger partial charge on any atom is 0.257 e. The number of rotatable bonds is 7. The molecule has 3 rings (SSSR count). The molecule has 0 atom stereocenters. The number of carbonyl (C=O) groups is 1. The van der Waals surface area contributed by atoms with Crippen LogP contribution < -0.4 is 10.2 Å². The topological polar surface area (TPSA) is 71.3 Å². The Bertz CT molecular complexity index is 847. The summed E-state index contributed by atoms with van der Waals surface area (Å²) in [6.45, 7) is 3.18. The molecule has 1 amide bonds. The first-order valence-corrected chi connectivity index (χ1v) is 8.58. The van der Waals surface area contributed by atoms with Gasteiger partial charge in [0.2, 0.25) is 0 Å². The zero-order chi connectivity index (χ0) is 18.4. The molecule has 0 spiro atoms. The predicted molar refractivity (Wildman–Crippen MR) is 101 cm³/mol. The van der Waals surface area contributed by atoms with Crippen molar-refractivity contribution >= 4 is 11.6 Å². The molecule has 26 heavy (non-hydrogen) atoms. The first-order chi connectivity index (χ1) is 12.7. The van der Waals surface area contributed by atoms with E-state index in [2.05, 4.69) is 32.5 Å². The minimum atomic E-state index is -0.169. The van der Waals surface area contributed by atoms with Crippen molar-refractivity contribution in [3.8, 4) is 11.3 Å². The van der Waals surface area contributed by atoms with Crippen molar-refractivity contribution in [3.63, 3.8) is 0 Å². The fourth-order valence-electron chi connectivity index (χ4n) is 2.76. The van der Waals surface area contributed by atoms with E-state index < -0.39 is 0 Å². The van der Waals surface area contributed by atoms with Gasteiger partial charge in [-0.1, -0.05) is 23.4 Å². The molecule has 0 unspecified atom stereocenters. The van der Waals surface area contributed by atoms with Crippen LogP contribution in [0.2, 0.25) is 0 Å². The van der Waals surface area contributed by atoms with Gasteiger partial charge in [-0.3, -0.25) is 9.78 Å². The van der Waals surface area contributed by atoms with Gasteiger partial charge in [0, 0.05) is 43.8 Å². The molecule has 2 aromatic heterocycles. The zero-order valence-corrected chi connectivity index (χ0v) is 15.0. The lowest BCUT2D eigenvalue weighted by Crippen LogP contribution is -2.28. The van der Waals surface area contributed by atoms with Crippen LogP contribution in [0.5, 0.6) is 0 Å². The third kappa shape index (κ3) is 4.08. The zero-order valence-electron chi connectivity index (χ0n) is 15.0. The minimum Gasteiger partial charge on any atom is -0.375 e. The van der Waals surface area contributed by atoms with Crippen LogP contribution in [-0.4, -0.2) is 36.2 Å². The Labute approximate surface area is 152 Å².